The number of rotatable bonds is 7. The first-order valence-corrected chi connectivity index (χ1v) is 16.1. The van der Waals surface area contributed by atoms with Crippen LogP contribution in [0.15, 0.2) is 84.0 Å². The molecule has 1 aromatic heterocycles. The quantitative estimate of drug-likeness (QED) is 0.121. The number of piperidine rings is 2. The Morgan fingerprint density at radius 1 is 0.932 bits per heavy atom. The number of nitrogens with zero attached hydrogens (tertiary/aromatic N) is 5. The highest BCUT2D eigenvalue weighted by atomic mass is 16.4. The molecule has 3 N–H and O–H groups in total. The van der Waals surface area contributed by atoms with Crippen LogP contribution in [0.25, 0.3) is 11.0 Å². The van der Waals surface area contributed by atoms with Crippen molar-refractivity contribution < 1.29 is 10.0 Å². The lowest BCUT2D eigenvalue weighted by atomic mass is 9.70. The van der Waals surface area contributed by atoms with Gasteiger partial charge in [-0.1, -0.05) is 59.8 Å². The summed E-state index contributed by atoms with van der Waals surface area (Å²) in [7, 11) is 0. The summed E-state index contributed by atoms with van der Waals surface area (Å²) in [5, 5.41) is 12.2. The van der Waals surface area contributed by atoms with Crippen molar-refractivity contribution in [3.8, 4) is 0 Å². The van der Waals surface area contributed by atoms with Crippen molar-refractivity contribution in [2.24, 2.45) is 10.9 Å². The number of carbonyl (C=O) groups is 1. The van der Waals surface area contributed by atoms with Crippen molar-refractivity contribution in [2.45, 2.75) is 75.4 Å². The van der Waals surface area contributed by atoms with E-state index < -0.39 is 0 Å². The van der Waals surface area contributed by atoms with E-state index in [1.807, 2.05) is 11.0 Å². The van der Waals surface area contributed by atoms with Crippen molar-refractivity contribution in [1.82, 2.24) is 19.4 Å². The second-order valence-electron chi connectivity index (χ2n) is 13.0. The van der Waals surface area contributed by atoms with Crippen LogP contribution in [0.3, 0.4) is 0 Å². The van der Waals surface area contributed by atoms with Gasteiger partial charge in [0.25, 0.3) is 5.91 Å². The van der Waals surface area contributed by atoms with Gasteiger partial charge in [0, 0.05) is 42.3 Å². The predicted octanol–water partition coefficient (Wildman–Crippen LogP) is 5.87. The molecule has 8 nitrogen and oxygen atoms in total. The summed E-state index contributed by atoms with van der Waals surface area (Å²) in [4.78, 5) is 23.2. The molecule has 4 heterocycles. The molecule has 228 valence electrons. The molecule has 2 bridgehead atoms. The van der Waals surface area contributed by atoms with Crippen molar-refractivity contribution in [1.29, 1.82) is 0 Å². The van der Waals surface area contributed by atoms with Gasteiger partial charge in [0.15, 0.2) is 5.84 Å². The van der Waals surface area contributed by atoms with E-state index in [-0.39, 0.29) is 17.2 Å². The molecule has 0 radical (unpaired) electrons. The maximum atomic E-state index is 13.5. The Balaban J connectivity index is 1.06. The summed E-state index contributed by atoms with van der Waals surface area (Å²) in [5.74, 6) is 1.14. The molecule has 44 heavy (non-hydrogen) atoms. The van der Waals surface area contributed by atoms with Crippen LogP contribution in [0.2, 0.25) is 0 Å². The van der Waals surface area contributed by atoms with Crippen LogP contribution in [0.4, 0.5) is 0 Å². The van der Waals surface area contributed by atoms with Crippen LogP contribution in [0.1, 0.15) is 78.3 Å². The number of aryl methyl sites for hydroxylation is 1. The lowest BCUT2D eigenvalue weighted by Gasteiger charge is -2.45. The van der Waals surface area contributed by atoms with Gasteiger partial charge in [-0.05, 0) is 93.7 Å². The number of aromatic nitrogens is 2. The summed E-state index contributed by atoms with van der Waals surface area (Å²) >= 11 is 0. The number of hydrogen-bond donors (Lipinski definition) is 2. The maximum absolute atomic E-state index is 13.5. The largest absolute Gasteiger partial charge is 0.409 e. The predicted molar refractivity (Wildman–Crippen MR) is 173 cm³/mol. The van der Waals surface area contributed by atoms with Crippen molar-refractivity contribution >= 4 is 22.8 Å². The molecule has 2 unspecified atom stereocenters. The number of imidazole rings is 1. The summed E-state index contributed by atoms with van der Waals surface area (Å²) in [6.45, 7) is 4.67. The van der Waals surface area contributed by atoms with E-state index in [1.54, 1.807) is 18.2 Å². The van der Waals surface area contributed by atoms with E-state index in [0.29, 0.717) is 42.3 Å². The first kappa shape index (κ1) is 28.6. The molecule has 4 aromatic rings. The van der Waals surface area contributed by atoms with Gasteiger partial charge in [0.2, 0.25) is 0 Å². The smallest absolute Gasteiger partial charge is 0.253 e. The number of benzene rings is 3. The number of oxime groups is 1. The second kappa shape index (κ2) is 11.7. The lowest BCUT2D eigenvalue weighted by Crippen LogP contribution is -2.49. The highest BCUT2D eigenvalue weighted by molar-refractivity contribution is 6.01. The lowest BCUT2D eigenvalue weighted by molar-refractivity contribution is 0.0607. The Kier molecular flexibility index (Phi) is 7.62. The molecule has 1 amide bonds. The number of amides is 1. The number of carbonyl (C=O) groups excluding carboxylic acids is 1. The van der Waals surface area contributed by atoms with Crippen molar-refractivity contribution in [3.63, 3.8) is 0 Å². The molecule has 3 fully saturated rings. The van der Waals surface area contributed by atoms with E-state index in [9.17, 15) is 4.79 Å². The maximum Gasteiger partial charge on any atom is 0.253 e. The topological polar surface area (TPSA) is 100.0 Å². The van der Waals surface area contributed by atoms with Crippen molar-refractivity contribution in [2.75, 3.05) is 19.6 Å². The van der Waals surface area contributed by atoms with Crippen LogP contribution in [0.5, 0.6) is 0 Å². The zero-order valence-corrected chi connectivity index (χ0v) is 25.5. The molecular weight excluding hydrogens is 548 g/mol. The number of amidine groups is 1. The van der Waals surface area contributed by atoms with Crippen LogP contribution in [-0.4, -0.2) is 68.0 Å². The number of likely N-dealkylation sites (tertiary alicyclic amines) is 1. The zero-order valence-electron chi connectivity index (χ0n) is 25.5. The Hall–Kier alpha value is -4.17. The van der Waals surface area contributed by atoms with Crippen LogP contribution < -0.4 is 5.73 Å². The van der Waals surface area contributed by atoms with Gasteiger partial charge in [0.1, 0.15) is 5.82 Å². The molecule has 3 atom stereocenters. The molecule has 0 saturated carbocycles. The average Bonchev–Trinajstić information content (AvgIpc) is 3.53. The third-order valence-electron chi connectivity index (χ3n) is 10.8. The molecule has 0 spiro atoms. The average molecular weight is 591 g/mol. The number of nitrogens with two attached hydrogens (primary N) is 1. The summed E-state index contributed by atoms with van der Waals surface area (Å²) in [6, 6.07) is 28.3. The molecule has 3 aliphatic rings. The van der Waals surface area contributed by atoms with Gasteiger partial charge in [-0.3, -0.25) is 9.69 Å². The van der Waals surface area contributed by atoms with Crippen LogP contribution >= 0.6 is 0 Å². The third-order valence-corrected chi connectivity index (χ3v) is 10.8. The van der Waals surface area contributed by atoms with Crippen LogP contribution in [0, 0.1) is 6.92 Å². The Labute approximate surface area is 259 Å². The summed E-state index contributed by atoms with van der Waals surface area (Å²) < 4.78 is 2.51. The fraction of sp³-hybridized carbons (Fsp3) is 0.417. The normalized spacial score (nSPS) is 23.7. The standard InChI is InChI=1S/C36H42N6O2/c1-25-38-32-12-5-6-13-33(32)42(25)31-23-29-14-15-30(24-31)41(29)21-18-36(28-10-3-2-4-11-28)16-19-40(20-17-36)35(43)27-9-7-8-26(22-27)34(37)39-44/h2-13,22,29-31,44H,14-21,23-24H2,1H3,(H2,37,39)/t29-,30?,31?/m1/s1. The summed E-state index contributed by atoms with van der Waals surface area (Å²) in [5.41, 5.74) is 10.7. The molecule has 0 aliphatic carbocycles. The van der Waals surface area contributed by atoms with E-state index in [0.717, 1.165) is 37.1 Å². The van der Waals surface area contributed by atoms with Gasteiger partial charge in [-0.2, -0.15) is 0 Å². The second-order valence-corrected chi connectivity index (χ2v) is 13.0. The molecule has 3 aliphatic heterocycles. The summed E-state index contributed by atoms with van der Waals surface area (Å²) in [6.07, 6.45) is 7.90. The Morgan fingerprint density at radius 2 is 1.61 bits per heavy atom. The zero-order chi connectivity index (χ0) is 30.3. The Bertz CT molecular complexity index is 1660. The Morgan fingerprint density at radius 3 is 2.34 bits per heavy atom. The first-order chi connectivity index (χ1) is 21.5. The van der Waals surface area contributed by atoms with Gasteiger partial charge in [-0.25, -0.2) is 4.98 Å². The van der Waals surface area contributed by atoms with Crippen molar-refractivity contribution in [3.05, 3.63) is 101 Å². The third kappa shape index (κ3) is 5.15. The fourth-order valence-corrected chi connectivity index (χ4v) is 8.45. The number of para-hydroxylation sites is 2. The molecule has 7 rings (SSSR count). The van der Waals surface area contributed by atoms with Crippen LogP contribution in [-0.2, 0) is 5.41 Å². The van der Waals surface area contributed by atoms with E-state index in [2.05, 4.69) is 76.1 Å². The minimum Gasteiger partial charge on any atom is -0.409 e. The van der Waals surface area contributed by atoms with Gasteiger partial charge in [-0.15, -0.1) is 0 Å². The van der Waals surface area contributed by atoms with E-state index in [4.69, 9.17) is 15.9 Å². The molecule has 3 aromatic carbocycles. The number of hydrogen-bond acceptors (Lipinski definition) is 5. The van der Waals surface area contributed by atoms with Gasteiger partial charge >= 0.3 is 0 Å². The van der Waals surface area contributed by atoms with E-state index in [1.165, 1.54) is 36.8 Å². The van der Waals surface area contributed by atoms with E-state index >= 15 is 0 Å². The van der Waals surface area contributed by atoms with Gasteiger partial charge in [0.05, 0.1) is 11.0 Å². The fourth-order valence-electron chi connectivity index (χ4n) is 8.45. The molecular formula is C36H42N6O2. The monoisotopic (exact) mass is 590 g/mol. The highest BCUT2D eigenvalue weighted by Crippen LogP contribution is 2.45. The molecule has 8 heteroatoms. The highest BCUT2D eigenvalue weighted by Gasteiger charge is 2.44. The SMILES string of the molecule is Cc1nc2ccccc2n1C1CC2CC[C@H](C1)N2CCC1(c2ccccc2)CCN(C(=O)c2cccc(/C(N)=N/O)c2)CC1. The van der Waals surface area contributed by atoms with Gasteiger partial charge < -0.3 is 20.4 Å². The molecule has 3 saturated heterocycles. The first-order valence-electron chi connectivity index (χ1n) is 16.1. The minimum atomic E-state index is 0.00156. The minimum absolute atomic E-state index is 0.00156. The number of fused-ring (bicyclic) bond motifs is 3.